The number of nitrogens with zero attached hydrogens (tertiary/aromatic N) is 2. The summed E-state index contributed by atoms with van der Waals surface area (Å²) < 4.78 is 0. The van der Waals surface area contributed by atoms with Crippen molar-refractivity contribution in [1.29, 1.82) is 0 Å². The van der Waals surface area contributed by atoms with Gasteiger partial charge < -0.3 is 15.1 Å². The van der Waals surface area contributed by atoms with E-state index in [1.165, 1.54) is 4.88 Å². The molecule has 1 aliphatic heterocycles. The molecule has 1 aliphatic rings. The van der Waals surface area contributed by atoms with Crippen molar-refractivity contribution in [3.8, 4) is 0 Å². The molecular weight excluding hydrogens is 234 g/mol. The molecule has 1 aromatic rings. The second-order valence-corrected chi connectivity index (χ2v) is 5.30. The summed E-state index contributed by atoms with van der Waals surface area (Å²) in [5.41, 5.74) is 0. The van der Waals surface area contributed by atoms with Crippen molar-refractivity contribution in [3.63, 3.8) is 0 Å². The lowest BCUT2D eigenvalue weighted by Gasteiger charge is -2.34. The molecule has 2 heterocycles. The summed E-state index contributed by atoms with van der Waals surface area (Å²) in [5, 5.41) is 5.31. The van der Waals surface area contributed by atoms with Crippen LogP contribution < -0.4 is 5.32 Å². The number of thiophene rings is 1. The van der Waals surface area contributed by atoms with Crippen molar-refractivity contribution >= 4 is 17.4 Å². The van der Waals surface area contributed by atoms with Gasteiger partial charge in [0.15, 0.2) is 0 Å². The highest BCUT2D eigenvalue weighted by atomic mass is 32.1. The monoisotopic (exact) mass is 253 g/mol. The van der Waals surface area contributed by atoms with Crippen LogP contribution >= 0.6 is 11.3 Å². The number of hydrogen-bond acceptors (Lipinski definition) is 3. The molecule has 2 rings (SSSR count). The van der Waals surface area contributed by atoms with Gasteiger partial charge in [0, 0.05) is 38.1 Å². The van der Waals surface area contributed by atoms with Crippen LogP contribution in [0.4, 0.5) is 4.79 Å². The minimum atomic E-state index is 0.132. The van der Waals surface area contributed by atoms with Crippen LogP contribution in [0.5, 0.6) is 0 Å². The molecule has 0 spiro atoms. The first-order chi connectivity index (χ1) is 8.20. The number of amides is 2. The molecule has 0 radical (unpaired) electrons. The van der Waals surface area contributed by atoms with E-state index in [2.05, 4.69) is 23.7 Å². The quantitative estimate of drug-likeness (QED) is 0.872. The van der Waals surface area contributed by atoms with Gasteiger partial charge in [0.2, 0.25) is 0 Å². The van der Waals surface area contributed by atoms with E-state index in [0.717, 1.165) is 26.2 Å². The molecule has 0 aliphatic carbocycles. The first kappa shape index (κ1) is 12.4. The number of piperazine rings is 1. The lowest BCUT2D eigenvalue weighted by atomic mass is 10.2. The Hall–Kier alpha value is -1.07. The van der Waals surface area contributed by atoms with Crippen molar-refractivity contribution in [2.75, 3.05) is 33.2 Å². The standard InChI is InChI=1S/C12H19N3OS/c1-10(11-4-3-9-17-11)14(2)12(16)15-7-5-13-6-8-15/h3-4,9-10,13H,5-8H2,1-2H3. The van der Waals surface area contributed by atoms with Crippen LogP contribution in [0.25, 0.3) is 0 Å². The molecule has 0 bridgehead atoms. The van der Waals surface area contributed by atoms with Crippen molar-refractivity contribution in [1.82, 2.24) is 15.1 Å². The predicted molar refractivity (Wildman–Crippen MR) is 70.3 cm³/mol. The second-order valence-electron chi connectivity index (χ2n) is 4.32. The van der Waals surface area contributed by atoms with Crippen LogP contribution in [-0.2, 0) is 0 Å². The zero-order valence-corrected chi connectivity index (χ0v) is 11.2. The highest BCUT2D eigenvalue weighted by molar-refractivity contribution is 7.10. The Bertz CT molecular complexity index is 360. The second kappa shape index (κ2) is 5.51. The Morgan fingerprint density at radius 3 is 2.82 bits per heavy atom. The third-order valence-corrected chi connectivity index (χ3v) is 4.27. The normalized spacial score (nSPS) is 17.9. The summed E-state index contributed by atoms with van der Waals surface area (Å²) in [5.74, 6) is 0. The third-order valence-electron chi connectivity index (χ3n) is 3.23. The van der Waals surface area contributed by atoms with E-state index in [9.17, 15) is 4.79 Å². The molecule has 1 unspecified atom stereocenters. The van der Waals surface area contributed by atoms with Gasteiger partial charge in [-0.3, -0.25) is 0 Å². The molecular formula is C12H19N3OS. The summed E-state index contributed by atoms with van der Waals surface area (Å²) in [6.45, 7) is 5.48. The van der Waals surface area contributed by atoms with Crippen LogP contribution in [0.2, 0.25) is 0 Å². The van der Waals surface area contributed by atoms with E-state index in [4.69, 9.17) is 0 Å². The third kappa shape index (κ3) is 2.79. The first-order valence-electron chi connectivity index (χ1n) is 5.96. The van der Waals surface area contributed by atoms with E-state index < -0.39 is 0 Å². The van der Waals surface area contributed by atoms with Gasteiger partial charge in [0.05, 0.1) is 6.04 Å². The van der Waals surface area contributed by atoms with E-state index >= 15 is 0 Å². The Morgan fingerprint density at radius 1 is 1.53 bits per heavy atom. The summed E-state index contributed by atoms with van der Waals surface area (Å²) >= 11 is 1.70. The number of rotatable bonds is 2. The number of carbonyl (C=O) groups excluding carboxylic acids is 1. The van der Waals surface area contributed by atoms with Crippen molar-refractivity contribution < 1.29 is 4.79 Å². The smallest absolute Gasteiger partial charge is 0.320 e. The molecule has 17 heavy (non-hydrogen) atoms. The van der Waals surface area contributed by atoms with Crippen molar-refractivity contribution in [2.24, 2.45) is 0 Å². The van der Waals surface area contributed by atoms with E-state index in [1.54, 1.807) is 11.3 Å². The van der Waals surface area contributed by atoms with Crippen LogP contribution in [-0.4, -0.2) is 49.1 Å². The van der Waals surface area contributed by atoms with Gasteiger partial charge in [0.1, 0.15) is 0 Å². The van der Waals surface area contributed by atoms with Gasteiger partial charge in [-0.15, -0.1) is 11.3 Å². The predicted octanol–water partition coefficient (Wildman–Crippen LogP) is 1.77. The van der Waals surface area contributed by atoms with Crippen LogP contribution in [0.1, 0.15) is 17.8 Å². The van der Waals surface area contributed by atoms with E-state index in [0.29, 0.717) is 0 Å². The number of hydrogen-bond donors (Lipinski definition) is 1. The highest BCUT2D eigenvalue weighted by Crippen LogP contribution is 2.24. The lowest BCUT2D eigenvalue weighted by molar-refractivity contribution is 0.144. The van der Waals surface area contributed by atoms with Crippen LogP contribution in [0, 0.1) is 0 Å². The molecule has 1 fully saturated rings. The Kier molecular flexibility index (Phi) is 4.02. The van der Waals surface area contributed by atoms with Crippen LogP contribution in [0.3, 0.4) is 0 Å². The number of urea groups is 1. The molecule has 1 aromatic heterocycles. The van der Waals surface area contributed by atoms with E-state index in [1.807, 2.05) is 22.9 Å². The van der Waals surface area contributed by atoms with Gasteiger partial charge in [-0.1, -0.05) is 6.07 Å². The molecule has 94 valence electrons. The fourth-order valence-electron chi connectivity index (χ4n) is 1.96. The fourth-order valence-corrected chi connectivity index (χ4v) is 2.79. The van der Waals surface area contributed by atoms with Crippen molar-refractivity contribution in [3.05, 3.63) is 22.4 Å². The number of carbonyl (C=O) groups is 1. The average molecular weight is 253 g/mol. The Morgan fingerprint density at radius 2 is 2.24 bits per heavy atom. The molecule has 0 saturated carbocycles. The molecule has 4 nitrogen and oxygen atoms in total. The van der Waals surface area contributed by atoms with Gasteiger partial charge >= 0.3 is 6.03 Å². The maximum atomic E-state index is 12.3. The Labute approximate surface area is 106 Å². The van der Waals surface area contributed by atoms with Crippen LogP contribution in [0.15, 0.2) is 17.5 Å². The van der Waals surface area contributed by atoms with E-state index in [-0.39, 0.29) is 12.1 Å². The topological polar surface area (TPSA) is 35.6 Å². The summed E-state index contributed by atoms with van der Waals surface area (Å²) in [6, 6.07) is 4.39. The van der Waals surface area contributed by atoms with Gasteiger partial charge in [-0.05, 0) is 18.4 Å². The highest BCUT2D eigenvalue weighted by Gasteiger charge is 2.24. The molecule has 1 atom stereocenters. The number of nitrogens with one attached hydrogen (secondary N) is 1. The van der Waals surface area contributed by atoms with Gasteiger partial charge in [0.25, 0.3) is 0 Å². The zero-order chi connectivity index (χ0) is 12.3. The summed E-state index contributed by atoms with van der Waals surface area (Å²) in [7, 11) is 1.88. The largest absolute Gasteiger partial charge is 0.322 e. The SMILES string of the molecule is CC(c1cccs1)N(C)C(=O)N1CCNCC1. The molecule has 1 saturated heterocycles. The Balaban J connectivity index is 1.98. The minimum Gasteiger partial charge on any atom is -0.322 e. The first-order valence-corrected chi connectivity index (χ1v) is 6.84. The zero-order valence-electron chi connectivity index (χ0n) is 10.3. The lowest BCUT2D eigenvalue weighted by Crippen LogP contribution is -2.50. The van der Waals surface area contributed by atoms with Gasteiger partial charge in [-0.25, -0.2) is 4.79 Å². The average Bonchev–Trinajstić information content (AvgIpc) is 2.91. The summed E-state index contributed by atoms with van der Waals surface area (Å²) in [4.78, 5) is 17.2. The maximum Gasteiger partial charge on any atom is 0.320 e. The fraction of sp³-hybridized carbons (Fsp3) is 0.583. The summed E-state index contributed by atoms with van der Waals surface area (Å²) in [6.07, 6.45) is 0. The molecule has 0 aromatic carbocycles. The molecule has 5 heteroatoms. The van der Waals surface area contributed by atoms with Crippen molar-refractivity contribution in [2.45, 2.75) is 13.0 Å². The van der Waals surface area contributed by atoms with Gasteiger partial charge in [-0.2, -0.15) is 0 Å². The molecule has 1 N–H and O–H groups in total. The molecule has 2 amide bonds. The maximum absolute atomic E-state index is 12.3. The minimum absolute atomic E-state index is 0.132.